The molecule has 2 fully saturated rings. The Kier molecular flexibility index (Phi) is 31.4. The zero-order chi connectivity index (χ0) is 44.7. The normalized spacial score (nSPS) is 27.4. The van der Waals surface area contributed by atoms with Crippen molar-refractivity contribution >= 4 is 11.9 Å². The average molecular weight is 877 g/mol. The summed E-state index contributed by atoms with van der Waals surface area (Å²) in [6.07, 6.45) is 15.5. The predicted molar refractivity (Wildman–Crippen MR) is 229 cm³/mol. The molecule has 11 unspecified atom stereocenters. The molecule has 7 N–H and O–H groups in total. The molecule has 2 rings (SSSR count). The Bertz CT molecular complexity index is 1120. The number of aliphatic hydroxyl groups excluding tert-OH is 7. The summed E-state index contributed by atoms with van der Waals surface area (Å²) in [4.78, 5) is 25.1. The largest absolute Gasteiger partial charge is 0.462 e. The lowest BCUT2D eigenvalue weighted by molar-refractivity contribution is -0.332. The zero-order valence-corrected chi connectivity index (χ0v) is 37.4. The van der Waals surface area contributed by atoms with E-state index >= 15 is 0 Å². The molecule has 2 aliphatic rings. The van der Waals surface area contributed by atoms with Gasteiger partial charge in [-0.3, -0.25) is 9.59 Å². The topological polar surface area (TPSA) is 231 Å². The predicted octanol–water partition coefficient (Wildman–Crippen LogP) is 5.43. The summed E-state index contributed by atoms with van der Waals surface area (Å²) in [5.74, 6) is -0.961. The van der Waals surface area contributed by atoms with Gasteiger partial charge in [0.2, 0.25) is 0 Å². The van der Waals surface area contributed by atoms with Crippen molar-refractivity contribution in [3.05, 3.63) is 12.2 Å². The molecule has 61 heavy (non-hydrogen) atoms. The Balaban J connectivity index is 1.65. The van der Waals surface area contributed by atoms with Crippen molar-refractivity contribution in [1.82, 2.24) is 0 Å². The van der Waals surface area contributed by atoms with Gasteiger partial charge < -0.3 is 64.2 Å². The lowest BCUT2D eigenvalue weighted by atomic mass is 9.98. The van der Waals surface area contributed by atoms with Crippen LogP contribution in [0.25, 0.3) is 0 Å². The third-order valence-electron chi connectivity index (χ3n) is 11.5. The molecule has 0 aromatic rings. The third kappa shape index (κ3) is 23.7. The van der Waals surface area contributed by atoms with E-state index in [1.54, 1.807) is 0 Å². The Morgan fingerprint density at radius 3 is 1.48 bits per heavy atom. The lowest BCUT2D eigenvalue weighted by Crippen LogP contribution is -2.61. The number of carbonyl (C=O) groups excluding carboxylic acids is 2. The number of aliphatic hydroxyl groups is 7. The van der Waals surface area contributed by atoms with E-state index in [2.05, 4.69) is 19.1 Å². The summed E-state index contributed by atoms with van der Waals surface area (Å²) in [5, 5.41) is 71.5. The van der Waals surface area contributed by atoms with Crippen LogP contribution in [0.5, 0.6) is 0 Å². The minimum atomic E-state index is -1.76. The van der Waals surface area contributed by atoms with Crippen LogP contribution in [0.4, 0.5) is 0 Å². The first kappa shape index (κ1) is 55.4. The smallest absolute Gasteiger partial charge is 0.306 e. The molecule has 358 valence electrons. The molecule has 11 atom stereocenters. The molecule has 0 bridgehead atoms. The van der Waals surface area contributed by atoms with Crippen LogP contribution in [-0.4, -0.2) is 142 Å². The summed E-state index contributed by atoms with van der Waals surface area (Å²) in [7, 11) is 0. The first-order chi connectivity index (χ1) is 29.5. The highest BCUT2D eigenvalue weighted by atomic mass is 16.7. The van der Waals surface area contributed by atoms with E-state index < -0.39 is 92.7 Å². The Hall–Kier alpha value is -1.76. The first-order valence-electron chi connectivity index (χ1n) is 23.8. The van der Waals surface area contributed by atoms with Gasteiger partial charge in [0.15, 0.2) is 18.7 Å². The molecule has 15 nitrogen and oxygen atoms in total. The average Bonchev–Trinajstić information content (AvgIpc) is 3.25. The standard InChI is InChI=1S/C46H84O15/c1-3-5-7-8-9-10-11-12-13-14-15-16-17-18-19-20-21-22-23-24-25-26-27-29-38(49)59-34(31-56-37(48)28-6-4-2)32-57-45-44(55)42(53)40(51)36(61-45)33-58-46-43(54)41(52)39(50)35(30-47)60-46/h14-15,34-36,39-47,50-55H,3-13,16-33H2,1-2H3/b15-14-. The van der Waals surface area contributed by atoms with E-state index in [0.717, 1.165) is 25.7 Å². The highest BCUT2D eigenvalue weighted by Crippen LogP contribution is 2.26. The van der Waals surface area contributed by atoms with Crippen molar-refractivity contribution in [2.45, 2.75) is 242 Å². The molecule has 2 heterocycles. The van der Waals surface area contributed by atoms with Crippen LogP contribution in [0.1, 0.15) is 174 Å². The van der Waals surface area contributed by atoms with Gasteiger partial charge in [-0.2, -0.15) is 0 Å². The van der Waals surface area contributed by atoms with Crippen LogP contribution >= 0.6 is 0 Å². The maximum absolute atomic E-state index is 12.8. The fourth-order valence-corrected chi connectivity index (χ4v) is 7.48. The van der Waals surface area contributed by atoms with Crippen molar-refractivity contribution in [3.63, 3.8) is 0 Å². The highest BCUT2D eigenvalue weighted by Gasteiger charge is 2.47. The van der Waals surface area contributed by atoms with Crippen molar-refractivity contribution in [2.75, 3.05) is 26.4 Å². The third-order valence-corrected chi connectivity index (χ3v) is 11.5. The van der Waals surface area contributed by atoms with Gasteiger partial charge in [-0.25, -0.2) is 0 Å². The van der Waals surface area contributed by atoms with Gasteiger partial charge in [-0.1, -0.05) is 135 Å². The summed E-state index contributed by atoms with van der Waals surface area (Å²) >= 11 is 0. The van der Waals surface area contributed by atoms with Crippen molar-refractivity contribution in [2.24, 2.45) is 0 Å². The van der Waals surface area contributed by atoms with Crippen molar-refractivity contribution in [1.29, 1.82) is 0 Å². The fourth-order valence-electron chi connectivity index (χ4n) is 7.48. The van der Waals surface area contributed by atoms with Crippen LogP contribution in [0, 0.1) is 0 Å². The van der Waals surface area contributed by atoms with Gasteiger partial charge in [0.25, 0.3) is 0 Å². The highest BCUT2D eigenvalue weighted by molar-refractivity contribution is 5.70. The van der Waals surface area contributed by atoms with Crippen LogP contribution in [0.15, 0.2) is 12.2 Å². The molecule has 2 aliphatic heterocycles. The summed E-state index contributed by atoms with van der Waals surface area (Å²) in [5.41, 5.74) is 0. The van der Waals surface area contributed by atoms with Gasteiger partial charge in [-0.05, 0) is 38.5 Å². The number of ether oxygens (including phenoxy) is 6. The van der Waals surface area contributed by atoms with Gasteiger partial charge in [-0.15, -0.1) is 0 Å². The summed E-state index contributed by atoms with van der Waals surface area (Å²) < 4.78 is 33.1. The molecular formula is C46H84O15. The first-order valence-corrected chi connectivity index (χ1v) is 23.8. The molecule has 0 aromatic carbocycles. The summed E-state index contributed by atoms with van der Waals surface area (Å²) in [6.45, 7) is 2.32. The molecule has 0 amide bonds. The van der Waals surface area contributed by atoms with Crippen LogP contribution in [0.2, 0.25) is 0 Å². The second-order valence-corrected chi connectivity index (χ2v) is 16.9. The number of hydrogen-bond acceptors (Lipinski definition) is 15. The number of unbranched alkanes of at least 4 members (excludes halogenated alkanes) is 20. The molecule has 15 heteroatoms. The van der Waals surface area contributed by atoms with Gasteiger partial charge >= 0.3 is 11.9 Å². The van der Waals surface area contributed by atoms with Crippen molar-refractivity contribution < 1.29 is 73.8 Å². The molecule has 0 radical (unpaired) electrons. The Morgan fingerprint density at radius 2 is 0.951 bits per heavy atom. The second-order valence-electron chi connectivity index (χ2n) is 16.9. The van der Waals surface area contributed by atoms with Gasteiger partial charge in [0, 0.05) is 12.8 Å². The fraction of sp³-hybridized carbons (Fsp3) is 0.913. The summed E-state index contributed by atoms with van der Waals surface area (Å²) in [6, 6.07) is 0. The van der Waals surface area contributed by atoms with E-state index in [4.69, 9.17) is 28.4 Å². The van der Waals surface area contributed by atoms with E-state index in [9.17, 15) is 45.3 Å². The number of esters is 2. The van der Waals surface area contributed by atoms with E-state index in [1.165, 1.54) is 109 Å². The minimum Gasteiger partial charge on any atom is -0.462 e. The Labute approximate surface area is 365 Å². The van der Waals surface area contributed by atoms with Crippen LogP contribution < -0.4 is 0 Å². The number of carbonyl (C=O) groups is 2. The second kappa shape index (κ2) is 34.6. The molecule has 0 saturated carbocycles. The SMILES string of the molecule is CCCCCCCCCC/C=C\CCCCCCCCCCCCCC(=O)OC(COC(=O)CCCC)COC1OC(COC2OC(CO)C(O)C(O)C2O)C(O)C(O)C1O. The maximum atomic E-state index is 12.8. The van der Waals surface area contributed by atoms with Crippen molar-refractivity contribution in [3.8, 4) is 0 Å². The van der Waals surface area contributed by atoms with Crippen LogP contribution in [-0.2, 0) is 38.0 Å². The van der Waals surface area contributed by atoms with E-state index in [1.807, 2.05) is 6.92 Å². The molecule has 2 saturated heterocycles. The quantitative estimate of drug-likeness (QED) is 0.0236. The van der Waals surface area contributed by atoms with Crippen LogP contribution in [0.3, 0.4) is 0 Å². The molecule has 0 spiro atoms. The van der Waals surface area contributed by atoms with Gasteiger partial charge in [0.1, 0.15) is 55.4 Å². The van der Waals surface area contributed by atoms with Gasteiger partial charge in [0.05, 0.1) is 19.8 Å². The zero-order valence-electron chi connectivity index (χ0n) is 37.4. The number of rotatable bonds is 36. The maximum Gasteiger partial charge on any atom is 0.306 e. The molecule has 0 aromatic heterocycles. The monoisotopic (exact) mass is 877 g/mol. The Morgan fingerprint density at radius 1 is 0.508 bits per heavy atom. The van der Waals surface area contributed by atoms with E-state index in [-0.39, 0.29) is 26.1 Å². The minimum absolute atomic E-state index is 0.166. The molecular weight excluding hydrogens is 792 g/mol. The number of hydrogen-bond donors (Lipinski definition) is 7. The lowest BCUT2D eigenvalue weighted by Gasteiger charge is -2.42. The molecule has 0 aliphatic carbocycles. The van der Waals surface area contributed by atoms with E-state index in [0.29, 0.717) is 12.8 Å². The number of allylic oxidation sites excluding steroid dienone is 2.